The molecule has 222 valence electrons. The number of para-hydroxylation sites is 2. The zero-order valence-electron chi connectivity index (χ0n) is 24.8. The minimum absolute atomic E-state index is 0.244. The molecule has 0 atom stereocenters. The first-order valence-electron chi connectivity index (χ1n) is 14.8. The van der Waals surface area contributed by atoms with E-state index in [0.29, 0.717) is 50.4 Å². The number of anilines is 1. The van der Waals surface area contributed by atoms with E-state index in [1.54, 1.807) is 22.6 Å². The monoisotopic (exact) mass is 603 g/mol. The molecule has 4 heterocycles. The largest absolute Gasteiger partial charge is 0.355 e. The Hall–Kier alpha value is -4.67. The van der Waals surface area contributed by atoms with Crippen LogP contribution in [0, 0.1) is 13.8 Å². The number of rotatable bonds is 6. The number of aromatic nitrogens is 5. The Morgan fingerprint density at radius 1 is 0.795 bits per heavy atom. The van der Waals surface area contributed by atoms with E-state index in [2.05, 4.69) is 41.1 Å². The van der Waals surface area contributed by atoms with E-state index in [9.17, 15) is 8.42 Å². The van der Waals surface area contributed by atoms with E-state index in [0.717, 1.165) is 39.2 Å². The van der Waals surface area contributed by atoms with Gasteiger partial charge in [-0.25, -0.2) is 23.1 Å². The zero-order valence-corrected chi connectivity index (χ0v) is 25.6. The number of hydrogen-bond acceptors (Lipinski definition) is 7. The fourth-order valence-corrected chi connectivity index (χ4v) is 7.56. The average molecular weight is 604 g/mol. The lowest BCUT2D eigenvalue weighted by molar-refractivity contribution is 0.433. The van der Waals surface area contributed by atoms with Crippen LogP contribution in [0.1, 0.15) is 29.1 Å². The zero-order chi connectivity index (χ0) is 30.3. The van der Waals surface area contributed by atoms with Gasteiger partial charge in [-0.1, -0.05) is 66.2 Å². The quantitative estimate of drug-likeness (QED) is 0.249. The Kier molecular flexibility index (Phi) is 7.31. The lowest BCUT2D eigenvalue weighted by Gasteiger charge is -2.24. The molecule has 10 heteroatoms. The summed E-state index contributed by atoms with van der Waals surface area (Å²) in [5.74, 6) is 1.49. The molecule has 1 saturated heterocycles. The first-order chi connectivity index (χ1) is 21.4. The van der Waals surface area contributed by atoms with Crippen molar-refractivity contribution in [2.24, 2.45) is 0 Å². The molecule has 0 bridgehead atoms. The Bertz CT molecular complexity index is 2070. The van der Waals surface area contributed by atoms with Gasteiger partial charge in [-0.2, -0.15) is 9.40 Å². The van der Waals surface area contributed by atoms with E-state index >= 15 is 0 Å². The van der Waals surface area contributed by atoms with E-state index in [1.807, 2.05) is 60.1 Å². The van der Waals surface area contributed by atoms with Crippen molar-refractivity contribution in [1.29, 1.82) is 0 Å². The van der Waals surface area contributed by atoms with Crippen molar-refractivity contribution in [2.75, 3.05) is 31.1 Å². The van der Waals surface area contributed by atoms with Crippen LogP contribution >= 0.6 is 0 Å². The van der Waals surface area contributed by atoms with Crippen LogP contribution in [0.3, 0.4) is 0 Å². The van der Waals surface area contributed by atoms with Gasteiger partial charge in [0.05, 0.1) is 22.3 Å². The summed E-state index contributed by atoms with van der Waals surface area (Å²) in [6, 6.07) is 27.4. The second-order valence-electron chi connectivity index (χ2n) is 11.2. The molecule has 1 aliphatic rings. The minimum Gasteiger partial charge on any atom is -0.355 e. The van der Waals surface area contributed by atoms with Gasteiger partial charge in [-0.05, 0) is 50.1 Å². The molecule has 0 aliphatic carbocycles. The summed E-state index contributed by atoms with van der Waals surface area (Å²) in [5.41, 5.74) is 5.33. The third kappa shape index (κ3) is 5.20. The van der Waals surface area contributed by atoms with Crippen LogP contribution in [0.2, 0.25) is 0 Å². The first kappa shape index (κ1) is 28.1. The highest BCUT2D eigenvalue weighted by Gasteiger charge is 2.30. The van der Waals surface area contributed by atoms with Crippen molar-refractivity contribution in [3.8, 4) is 5.69 Å². The molecule has 6 aromatic rings. The molecule has 3 aromatic heterocycles. The molecule has 0 unspecified atom stereocenters. The molecular weight excluding hydrogens is 570 g/mol. The number of hydrogen-bond donors (Lipinski definition) is 0. The van der Waals surface area contributed by atoms with Crippen LogP contribution in [0.25, 0.3) is 27.6 Å². The van der Waals surface area contributed by atoms with Gasteiger partial charge >= 0.3 is 0 Å². The molecule has 44 heavy (non-hydrogen) atoms. The van der Waals surface area contributed by atoms with Crippen LogP contribution in [0.5, 0.6) is 0 Å². The van der Waals surface area contributed by atoms with Crippen molar-refractivity contribution in [1.82, 2.24) is 29.0 Å². The molecule has 0 spiro atoms. The number of pyridine rings is 1. The van der Waals surface area contributed by atoms with Crippen LogP contribution in [0.15, 0.2) is 96.0 Å². The summed E-state index contributed by atoms with van der Waals surface area (Å²) >= 11 is 0. The summed E-state index contributed by atoms with van der Waals surface area (Å²) < 4.78 is 31.3. The summed E-state index contributed by atoms with van der Waals surface area (Å²) in [7, 11) is -3.76. The third-order valence-electron chi connectivity index (χ3n) is 8.18. The fraction of sp³-hybridized carbons (Fsp3) is 0.235. The van der Waals surface area contributed by atoms with Gasteiger partial charge in [0, 0.05) is 44.2 Å². The van der Waals surface area contributed by atoms with Crippen LogP contribution < -0.4 is 4.90 Å². The molecule has 0 saturated carbocycles. The summed E-state index contributed by atoms with van der Waals surface area (Å²) in [5, 5.41) is 6.59. The van der Waals surface area contributed by atoms with Crippen molar-refractivity contribution < 1.29 is 8.42 Å². The van der Waals surface area contributed by atoms with Crippen LogP contribution in [-0.2, 0) is 16.4 Å². The molecule has 0 radical (unpaired) electrons. The average Bonchev–Trinajstić information content (AvgIpc) is 3.20. The maximum absolute atomic E-state index is 13.9. The number of sulfonamides is 1. The Morgan fingerprint density at radius 3 is 2.41 bits per heavy atom. The number of nitrogens with zero attached hydrogens (tertiary/aromatic N) is 7. The lowest BCUT2D eigenvalue weighted by atomic mass is 10.1. The van der Waals surface area contributed by atoms with Crippen LogP contribution in [-0.4, -0.2) is 63.6 Å². The highest BCUT2D eigenvalue weighted by atomic mass is 32.2. The maximum Gasteiger partial charge on any atom is 0.245 e. The van der Waals surface area contributed by atoms with E-state index in [-0.39, 0.29) is 4.90 Å². The standard InChI is InChI=1S/C34H33N7O2S/c1-24-14-16-26(17-15-24)23-30-36-33(31-25(2)38-41(34(31)37-30)28-11-4-3-5-12-28)39-19-8-20-40(22-21-39)44(42,43)29-13-6-9-27-10-7-18-35-32(27)29/h3-7,9-18H,8,19-23H2,1-2H3. The van der Waals surface area contributed by atoms with Crippen molar-refractivity contribution in [3.63, 3.8) is 0 Å². The minimum atomic E-state index is -3.76. The smallest absolute Gasteiger partial charge is 0.245 e. The highest BCUT2D eigenvalue weighted by molar-refractivity contribution is 7.89. The van der Waals surface area contributed by atoms with Gasteiger partial charge in [0.15, 0.2) is 5.65 Å². The van der Waals surface area contributed by atoms with E-state index in [1.165, 1.54) is 5.56 Å². The number of benzene rings is 3. The lowest BCUT2D eigenvalue weighted by Crippen LogP contribution is -2.35. The fourth-order valence-electron chi connectivity index (χ4n) is 5.92. The van der Waals surface area contributed by atoms with E-state index < -0.39 is 10.0 Å². The Morgan fingerprint density at radius 2 is 1.59 bits per heavy atom. The molecule has 1 aliphatic heterocycles. The molecule has 0 amide bonds. The van der Waals surface area contributed by atoms with Crippen molar-refractivity contribution in [2.45, 2.75) is 31.6 Å². The second kappa shape index (κ2) is 11.4. The first-order valence-corrected chi connectivity index (χ1v) is 16.3. The molecular formula is C34H33N7O2S. The van der Waals surface area contributed by atoms with Crippen molar-refractivity contribution >= 4 is 37.8 Å². The molecule has 1 fully saturated rings. The van der Waals surface area contributed by atoms with Gasteiger partial charge in [0.2, 0.25) is 10.0 Å². The normalized spacial score (nSPS) is 14.7. The molecule has 3 aromatic carbocycles. The van der Waals surface area contributed by atoms with Crippen molar-refractivity contribution in [3.05, 3.63) is 114 Å². The Balaban J connectivity index is 1.27. The second-order valence-corrected chi connectivity index (χ2v) is 13.1. The highest BCUT2D eigenvalue weighted by Crippen LogP contribution is 2.31. The van der Waals surface area contributed by atoms with Gasteiger partial charge in [0.1, 0.15) is 16.5 Å². The van der Waals surface area contributed by atoms with Gasteiger partial charge in [-0.3, -0.25) is 4.98 Å². The number of aryl methyl sites for hydroxylation is 2. The van der Waals surface area contributed by atoms with E-state index in [4.69, 9.17) is 15.1 Å². The third-order valence-corrected chi connectivity index (χ3v) is 10.1. The topological polar surface area (TPSA) is 97.1 Å². The predicted molar refractivity (Wildman–Crippen MR) is 173 cm³/mol. The SMILES string of the molecule is Cc1ccc(Cc2nc(N3CCCN(S(=O)(=O)c4cccc5cccnc45)CC3)c3c(C)nn(-c4ccccc4)c3n2)cc1. The maximum atomic E-state index is 13.9. The van der Waals surface area contributed by atoms with Gasteiger partial charge in [0.25, 0.3) is 0 Å². The molecule has 0 N–H and O–H groups in total. The summed E-state index contributed by atoms with van der Waals surface area (Å²) in [6.07, 6.45) is 2.87. The summed E-state index contributed by atoms with van der Waals surface area (Å²) in [4.78, 5) is 17.0. The summed E-state index contributed by atoms with van der Waals surface area (Å²) in [6.45, 7) is 5.95. The predicted octanol–water partition coefficient (Wildman–Crippen LogP) is 5.47. The van der Waals surface area contributed by atoms with Gasteiger partial charge < -0.3 is 4.90 Å². The number of fused-ring (bicyclic) bond motifs is 2. The van der Waals surface area contributed by atoms with Crippen LogP contribution in [0.4, 0.5) is 5.82 Å². The molecule has 7 rings (SSSR count). The van der Waals surface area contributed by atoms with Gasteiger partial charge in [-0.15, -0.1) is 0 Å². The molecule has 9 nitrogen and oxygen atoms in total. The Labute approximate surface area is 256 Å².